The van der Waals surface area contributed by atoms with Crippen molar-refractivity contribution in [2.45, 2.75) is 63.7 Å². The summed E-state index contributed by atoms with van der Waals surface area (Å²) >= 11 is 0. The van der Waals surface area contributed by atoms with Crippen molar-refractivity contribution in [1.29, 1.82) is 0 Å². The number of rotatable bonds is 4. The predicted octanol–water partition coefficient (Wildman–Crippen LogP) is 3.11. The number of ether oxygens (including phenoxy) is 2. The van der Waals surface area contributed by atoms with Gasteiger partial charge in [-0.15, -0.1) is 0 Å². The molecule has 5 nitrogen and oxygen atoms in total. The Morgan fingerprint density at radius 3 is 2.57 bits per heavy atom. The maximum Gasteiger partial charge on any atom is 0.160 e. The van der Waals surface area contributed by atoms with Crippen LogP contribution in [0.3, 0.4) is 0 Å². The fourth-order valence-electron chi connectivity index (χ4n) is 3.68. The Morgan fingerprint density at radius 1 is 1.04 bits per heavy atom. The van der Waals surface area contributed by atoms with Crippen molar-refractivity contribution in [3.05, 3.63) is 24.2 Å². The molecule has 2 unspecified atom stereocenters. The Morgan fingerprint density at radius 2 is 1.83 bits per heavy atom. The average molecular weight is 315 g/mol. The van der Waals surface area contributed by atoms with Gasteiger partial charge in [0.2, 0.25) is 0 Å². The van der Waals surface area contributed by atoms with Crippen molar-refractivity contribution in [2.75, 3.05) is 13.2 Å². The molecule has 2 fully saturated rings. The number of hydrogen-bond acceptors (Lipinski definition) is 4. The minimum absolute atomic E-state index is 0.286. The monoisotopic (exact) mass is 315 g/mol. The Hall–Kier alpha value is -1.46. The third kappa shape index (κ3) is 3.40. The minimum atomic E-state index is 0.286. The van der Waals surface area contributed by atoms with Crippen molar-refractivity contribution in [1.82, 2.24) is 14.5 Å². The second kappa shape index (κ2) is 6.97. The van der Waals surface area contributed by atoms with Gasteiger partial charge in [-0.2, -0.15) is 0 Å². The van der Waals surface area contributed by atoms with Crippen LogP contribution in [0.4, 0.5) is 0 Å². The molecule has 23 heavy (non-hydrogen) atoms. The van der Waals surface area contributed by atoms with E-state index in [9.17, 15) is 0 Å². The molecule has 2 aliphatic rings. The highest BCUT2D eigenvalue weighted by molar-refractivity contribution is 5.71. The summed E-state index contributed by atoms with van der Waals surface area (Å²) in [6, 6.07) is 4.00. The molecule has 0 bridgehead atoms. The maximum atomic E-state index is 5.94. The van der Waals surface area contributed by atoms with Crippen molar-refractivity contribution >= 4 is 11.2 Å². The Balaban J connectivity index is 1.60. The van der Waals surface area contributed by atoms with Gasteiger partial charge in [0, 0.05) is 25.8 Å². The maximum absolute atomic E-state index is 5.94. The lowest BCUT2D eigenvalue weighted by Gasteiger charge is -2.25. The first-order valence-electron chi connectivity index (χ1n) is 8.93. The van der Waals surface area contributed by atoms with Crippen LogP contribution in [0.2, 0.25) is 0 Å². The summed E-state index contributed by atoms with van der Waals surface area (Å²) in [4.78, 5) is 9.40. The van der Waals surface area contributed by atoms with Gasteiger partial charge in [-0.3, -0.25) is 0 Å². The van der Waals surface area contributed by atoms with Crippen LogP contribution < -0.4 is 0 Å². The van der Waals surface area contributed by atoms with Gasteiger partial charge in [0.15, 0.2) is 5.65 Å². The molecule has 0 amide bonds. The summed E-state index contributed by atoms with van der Waals surface area (Å²) in [6.07, 6.45) is 10.5. The summed E-state index contributed by atoms with van der Waals surface area (Å²) in [7, 11) is 0. The SMILES string of the molecule is c1cnc2c(c1)nc(CC1CCCCO1)n2CC1CCCCO1. The third-order valence-corrected chi connectivity index (χ3v) is 4.93. The highest BCUT2D eigenvalue weighted by atomic mass is 16.5. The molecule has 4 heterocycles. The number of pyridine rings is 1. The largest absolute Gasteiger partial charge is 0.378 e. The summed E-state index contributed by atoms with van der Waals surface area (Å²) < 4.78 is 14.1. The minimum Gasteiger partial charge on any atom is -0.378 e. The number of aromatic nitrogens is 3. The second-order valence-electron chi connectivity index (χ2n) is 6.67. The summed E-state index contributed by atoms with van der Waals surface area (Å²) in [5, 5.41) is 0. The highest BCUT2D eigenvalue weighted by Crippen LogP contribution is 2.22. The van der Waals surface area contributed by atoms with Crippen LogP contribution in [0, 0.1) is 0 Å². The van der Waals surface area contributed by atoms with E-state index in [-0.39, 0.29) is 6.10 Å². The van der Waals surface area contributed by atoms with Crippen LogP contribution in [-0.2, 0) is 22.4 Å². The van der Waals surface area contributed by atoms with Gasteiger partial charge in [0.1, 0.15) is 11.3 Å². The Labute approximate surface area is 137 Å². The van der Waals surface area contributed by atoms with Gasteiger partial charge in [-0.05, 0) is 50.7 Å². The molecule has 0 aromatic carbocycles. The molecular weight excluding hydrogens is 290 g/mol. The summed E-state index contributed by atoms with van der Waals surface area (Å²) in [5.74, 6) is 1.10. The Bertz CT molecular complexity index is 643. The van der Waals surface area contributed by atoms with E-state index in [2.05, 4.69) is 9.55 Å². The van der Waals surface area contributed by atoms with Gasteiger partial charge in [-0.25, -0.2) is 9.97 Å². The van der Waals surface area contributed by atoms with Gasteiger partial charge in [0.25, 0.3) is 0 Å². The van der Waals surface area contributed by atoms with Crippen LogP contribution in [-0.4, -0.2) is 40.0 Å². The fraction of sp³-hybridized carbons (Fsp3) is 0.667. The number of nitrogens with zero attached hydrogens (tertiary/aromatic N) is 3. The molecule has 2 atom stereocenters. The van der Waals surface area contributed by atoms with E-state index in [1.807, 2.05) is 18.3 Å². The smallest absolute Gasteiger partial charge is 0.160 e. The highest BCUT2D eigenvalue weighted by Gasteiger charge is 2.22. The third-order valence-electron chi connectivity index (χ3n) is 4.93. The summed E-state index contributed by atoms with van der Waals surface area (Å²) in [5.41, 5.74) is 1.96. The van der Waals surface area contributed by atoms with E-state index in [1.165, 1.54) is 25.7 Å². The standard InChI is InChI=1S/C18H25N3O2/c1-3-10-22-14(6-1)12-17-20-16-8-5-9-19-18(16)21(17)13-15-7-2-4-11-23-15/h5,8-9,14-15H,1-4,6-7,10-13H2. The van der Waals surface area contributed by atoms with E-state index in [0.717, 1.165) is 56.0 Å². The predicted molar refractivity (Wildman–Crippen MR) is 88.4 cm³/mol. The van der Waals surface area contributed by atoms with Crippen molar-refractivity contribution in [2.24, 2.45) is 0 Å². The van der Waals surface area contributed by atoms with Crippen molar-refractivity contribution < 1.29 is 9.47 Å². The second-order valence-corrected chi connectivity index (χ2v) is 6.67. The van der Waals surface area contributed by atoms with E-state index >= 15 is 0 Å². The normalized spacial score (nSPS) is 25.7. The fourth-order valence-corrected chi connectivity index (χ4v) is 3.68. The molecular formula is C18H25N3O2. The van der Waals surface area contributed by atoms with Gasteiger partial charge >= 0.3 is 0 Å². The van der Waals surface area contributed by atoms with Crippen LogP contribution >= 0.6 is 0 Å². The van der Waals surface area contributed by atoms with Crippen molar-refractivity contribution in [3.63, 3.8) is 0 Å². The number of fused-ring (bicyclic) bond motifs is 1. The molecule has 2 saturated heterocycles. The zero-order valence-corrected chi connectivity index (χ0v) is 13.6. The molecule has 5 heteroatoms. The molecule has 0 aliphatic carbocycles. The first-order valence-corrected chi connectivity index (χ1v) is 8.93. The molecule has 124 valence electrons. The molecule has 2 aromatic rings. The van der Waals surface area contributed by atoms with Crippen LogP contribution in [0.15, 0.2) is 18.3 Å². The lowest BCUT2D eigenvalue weighted by atomic mass is 10.1. The molecule has 2 aromatic heterocycles. The van der Waals surface area contributed by atoms with Crippen LogP contribution in [0.25, 0.3) is 11.2 Å². The van der Waals surface area contributed by atoms with Gasteiger partial charge in [0.05, 0.1) is 18.8 Å². The van der Waals surface area contributed by atoms with Gasteiger partial charge < -0.3 is 14.0 Å². The van der Waals surface area contributed by atoms with E-state index in [0.29, 0.717) is 6.10 Å². The van der Waals surface area contributed by atoms with Gasteiger partial charge in [-0.1, -0.05) is 0 Å². The summed E-state index contributed by atoms with van der Waals surface area (Å²) in [6.45, 7) is 2.62. The van der Waals surface area contributed by atoms with Crippen LogP contribution in [0.5, 0.6) is 0 Å². The first kappa shape index (κ1) is 15.1. The van der Waals surface area contributed by atoms with E-state index in [1.54, 1.807) is 0 Å². The molecule has 0 radical (unpaired) electrons. The van der Waals surface area contributed by atoms with Crippen LogP contribution in [0.1, 0.15) is 44.3 Å². The van der Waals surface area contributed by atoms with E-state index < -0.39 is 0 Å². The topological polar surface area (TPSA) is 49.2 Å². The molecule has 4 rings (SSSR count). The van der Waals surface area contributed by atoms with Crippen molar-refractivity contribution in [3.8, 4) is 0 Å². The zero-order valence-electron chi connectivity index (χ0n) is 13.6. The first-order chi connectivity index (χ1) is 11.4. The number of imidazole rings is 1. The molecule has 0 saturated carbocycles. The molecule has 0 N–H and O–H groups in total. The number of hydrogen-bond donors (Lipinski definition) is 0. The lowest BCUT2D eigenvalue weighted by molar-refractivity contribution is 0.00291. The van der Waals surface area contributed by atoms with E-state index in [4.69, 9.17) is 14.5 Å². The molecule has 0 spiro atoms. The molecule has 2 aliphatic heterocycles. The lowest BCUT2D eigenvalue weighted by Crippen LogP contribution is -2.27. The average Bonchev–Trinajstić information content (AvgIpc) is 2.94. The quantitative estimate of drug-likeness (QED) is 0.870. The zero-order chi connectivity index (χ0) is 15.5. The Kier molecular flexibility index (Phi) is 4.57.